The monoisotopic (exact) mass is 211 g/mol. The van der Waals surface area contributed by atoms with Crippen LogP contribution in [0.25, 0.3) is 0 Å². The first-order valence-electron chi connectivity index (χ1n) is 4.49. The van der Waals surface area contributed by atoms with Gasteiger partial charge in [0.2, 0.25) is 0 Å². The molecule has 1 fully saturated rings. The van der Waals surface area contributed by atoms with Crippen LogP contribution < -0.4 is 0 Å². The van der Waals surface area contributed by atoms with Crippen LogP contribution in [0.2, 0.25) is 0 Å². The third kappa shape index (κ3) is 1.19. The largest absolute Gasteiger partial charge is 0.481 e. The van der Waals surface area contributed by atoms with E-state index in [2.05, 4.69) is 10.2 Å². The number of carbonyl (C=O) groups is 1. The lowest BCUT2D eigenvalue weighted by molar-refractivity contribution is -0.386. The van der Waals surface area contributed by atoms with Crippen molar-refractivity contribution >= 4 is 11.7 Å². The van der Waals surface area contributed by atoms with Gasteiger partial charge < -0.3 is 5.11 Å². The summed E-state index contributed by atoms with van der Waals surface area (Å²) in [6.45, 7) is 0. The van der Waals surface area contributed by atoms with Gasteiger partial charge >= 0.3 is 11.7 Å². The summed E-state index contributed by atoms with van der Waals surface area (Å²) >= 11 is 0. The first-order valence-corrected chi connectivity index (χ1v) is 4.49. The summed E-state index contributed by atoms with van der Waals surface area (Å²) in [6.07, 6.45) is 2.66. The van der Waals surface area contributed by atoms with Crippen LogP contribution >= 0.6 is 0 Å². The maximum absolute atomic E-state index is 11.1. The Kier molecular flexibility index (Phi) is 1.95. The van der Waals surface area contributed by atoms with Crippen molar-refractivity contribution in [1.82, 2.24) is 10.2 Å². The Morgan fingerprint density at radius 1 is 1.67 bits per heavy atom. The number of hydrogen-bond acceptors (Lipinski definition) is 4. The number of hydrogen-bond donors (Lipinski definition) is 2. The molecule has 0 aromatic carbocycles. The van der Waals surface area contributed by atoms with Gasteiger partial charge in [0.05, 0.1) is 4.92 Å². The van der Waals surface area contributed by atoms with Gasteiger partial charge in [0.1, 0.15) is 17.3 Å². The molecule has 1 aromatic rings. The predicted octanol–water partition coefficient (Wildman–Crippen LogP) is 0.824. The van der Waals surface area contributed by atoms with Crippen molar-refractivity contribution in [2.24, 2.45) is 0 Å². The molecule has 1 saturated carbocycles. The molecule has 0 unspecified atom stereocenters. The molecule has 0 radical (unpaired) electrons. The molecule has 0 bridgehead atoms. The second-order valence-electron chi connectivity index (χ2n) is 3.63. The molecule has 0 spiro atoms. The lowest BCUT2D eigenvalue weighted by Gasteiger charge is -2.35. The van der Waals surface area contributed by atoms with Crippen molar-refractivity contribution in [3.8, 4) is 0 Å². The Labute approximate surface area is 84.3 Å². The zero-order chi connectivity index (χ0) is 11.1. The molecule has 2 rings (SSSR count). The number of carboxylic acid groups (broad SMARTS) is 1. The fourth-order valence-electron chi connectivity index (χ4n) is 1.87. The molecule has 1 aliphatic rings. The van der Waals surface area contributed by atoms with Crippen LogP contribution in [0.1, 0.15) is 25.0 Å². The summed E-state index contributed by atoms with van der Waals surface area (Å²) in [5.74, 6) is -1.03. The fraction of sp³-hybridized carbons (Fsp3) is 0.500. The Balaban J connectivity index is 2.48. The number of aromatic nitrogens is 2. The first-order chi connectivity index (χ1) is 7.08. The van der Waals surface area contributed by atoms with Gasteiger partial charge in [-0.15, -0.1) is 0 Å². The number of H-pyrrole nitrogens is 1. The maximum atomic E-state index is 11.1. The second-order valence-corrected chi connectivity index (χ2v) is 3.63. The van der Waals surface area contributed by atoms with Gasteiger partial charge in [-0.2, -0.15) is 5.10 Å². The van der Waals surface area contributed by atoms with Gasteiger partial charge in [0.25, 0.3) is 0 Å². The molecule has 1 heterocycles. The number of nitro groups is 1. The number of aliphatic carboxylic acids is 1. The first kappa shape index (κ1) is 9.63. The van der Waals surface area contributed by atoms with Crippen molar-refractivity contribution in [3.05, 3.63) is 22.0 Å². The van der Waals surface area contributed by atoms with Crippen LogP contribution in [0.4, 0.5) is 5.69 Å². The van der Waals surface area contributed by atoms with E-state index in [1.165, 1.54) is 0 Å². The van der Waals surface area contributed by atoms with Crippen molar-refractivity contribution in [3.63, 3.8) is 0 Å². The maximum Gasteiger partial charge on any atom is 0.315 e. The molecule has 15 heavy (non-hydrogen) atoms. The number of aromatic amines is 1. The fourth-order valence-corrected chi connectivity index (χ4v) is 1.87. The highest BCUT2D eigenvalue weighted by Crippen LogP contribution is 2.46. The number of nitrogens with zero attached hydrogens (tertiary/aromatic N) is 2. The van der Waals surface area contributed by atoms with E-state index in [1.54, 1.807) is 0 Å². The van der Waals surface area contributed by atoms with E-state index in [0.717, 1.165) is 12.6 Å². The minimum Gasteiger partial charge on any atom is -0.481 e. The van der Waals surface area contributed by atoms with Crippen molar-refractivity contribution in [1.29, 1.82) is 0 Å². The minimum absolute atomic E-state index is 0.117. The third-order valence-corrected chi connectivity index (χ3v) is 2.91. The quantitative estimate of drug-likeness (QED) is 0.568. The van der Waals surface area contributed by atoms with Crippen LogP contribution in [-0.4, -0.2) is 26.2 Å². The number of nitrogens with one attached hydrogen (secondary N) is 1. The van der Waals surface area contributed by atoms with Crippen molar-refractivity contribution in [2.45, 2.75) is 24.7 Å². The minimum atomic E-state index is -1.13. The summed E-state index contributed by atoms with van der Waals surface area (Å²) in [5.41, 5.74) is -1.25. The van der Waals surface area contributed by atoms with Gasteiger partial charge in [-0.25, -0.2) is 0 Å². The lowest BCUT2D eigenvalue weighted by Crippen LogP contribution is -2.43. The standard InChI is InChI=1S/C8H9N3O4/c12-7(13)8(2-1-3-8)6-5(11(14)15)4-9-10-6/h4H,1-3H2,(H,9,10)(H,12,13). The third-order valence-electron chi connectivity index (χ3n) is 2.91. The van der Waals surface area contributed by atoms with Gasteiger partial charge in [-0.1, -0.05) is 6.42 Å². The van der Waals surface area contributed by atoms with Gasteiger partial charge in [0.15, 0.2) is 0 Å². The molecule has 2 N–H and O–H groups in total. The molecule has 0 atom stereocenters. The summed E-state index contributed by atoms with van der Waals surface area (Å²) in [6, 6.07) is 0. The average Bonchev–Trinajstić information content (AvgIpc) is 2.49. The molecule has 7 nitrogen and oxygen atoms in total. The molecule has 1 aliphatic carbocycles. The Morgan fingerprint density at radius 3 is 2.73 bits per heavy atom. The topological polar surface area (TPSA) is 109 Å². The van der Waals surface area contributed by atoms with Crippen molar-refractivity contribution < 1.29 is 14.8 Å². The summed E-state index contributed by atoms with van der Waals surface area (Å²) in [7, 11) is 0. The highest BCUT2D eigenvalue weighted by molar-refractivity contribution is 5.83. The van der Waals surface area contributed by atoms with Crippen LogP contribution in [0.5, 0.6) is 0 Å². The lowest BCUT2D eigenvalue weighted by atomic mass is 9.66. The molecule has 7 heteroatoms. The number of rotatable bonds is 3. The summed E-state index contributed by atoms with van der Waals surface area (Å²) < 4.78 is 0. The van der Waals surface area contributed by atoms with Crippen LogP contribution in [-0.2, 0) is 10.2 Å². The van der Waals surface area contributed by atoms with Crippen LogP contribution in [0.3, 0.4) is 0 Å². The SMILES string of the molecule is O=C(O)C1(c2[nH]ncc2[N+](=O)[O-])CCC1. The Hall–Kier alpha value is -1.92. The molecule has 0 aliphatic heterocycles. The molecular weight excluding hydrogens is 202 g/mol. The van der Waals surface area contributed by atoms with Gasteiger partial charge in [-0.05, 0) is 12.8 Å². The van der Waals surface area contributed by atoms with E-state index < -0.39 is 16.3 Å². The highest BCUT2D eigenvalue weighted by Gasteiger charge is 2.51. The number of carboxylic acids is 1. The van der Waals surface area contributed by atoms with Crippen LogP contribution in [0, 0.1) is 10.1 Å². The zero-order valence-electron chi connectivity index (χ0n) is 7.77. The molecular formula is C8H9N3O4. The van der Waals surface area contributed by atoms with E-state index in [4.69, 9.17) is 5.11 Å². The smallest absolute Gasteiger partial charge is 0.315 e. The zero-order valence-corrected chi connectivity index (χ0v) is 7.77. The Bertz CT molecular complexity index is 421. The van der Waals surface area contributed by atoms with Gasteiger partial charge in [0, 0.05) is 0 Å². The van der Waals surface area contributed by atoms with E-state index in [0.29, 0.717) is 12.8 Å². The highest BCUT2D eigenvalue weighted by atomic mass is 16.6. The summed E-state index contributed by atoms with van der Waals surface area (Å²) in [5, 5.41) is 25.7. The molecule has 80 valence electrons. The van der Waals surface area contributed by atoms with Crippen LogP contribution in [0.15, 0.2) is 6.20 Å². The summed E-state index contributed by atoms with van der Waals surface area (Å²) in [4.78, 5) is 21.1. The molecule has 0 amide bonds. The van der Waals surface area contributed by atoms with E-state index in [-0.39, 0.29) is 11.4 Å². The van der Waals surface area contributed by atoms with Gasteiger partial charge in [-0.3, -0.25) is 20.0 Å². The van der Waals surface area contributed by atoms with Crippen molar-refractivity contribution in [2.75, 3.05) is 0 Å². The predicted molar refractivity (Wildman–Crippen MR) is 48.4 cm³/mol. The van der Waals surface area contributed by atoms with E-state index in [1.807, 2.05) is 0 Å². The Morgan fingerprint density at radius 2 is 2.33 bits per heavy atom. The van der Waals surface area contributed by atoms with E-state index >= 15 is 0 Å². The second kappa shape index (κ2) is 3.04. The normalized spacial score (nSPS) is 18.1. The molecule has 0 saturated heterocycles. The molecule has 1 aromatic heterocycles. The van der Waals surface area contributed by atoms with E-state index in [9.17, 15) is 14.9 Å². The average molecular weight is 211 g/mol.